The van der Waals surface area contributed by atoms with E-state index < -0.39 is 8.32 Å². The summed E-state index contributed by atoms with van der Waals surface area (Å²) in [4.78, 5) is 0. The molecular weight excluding hydrogens is 424 g/mol. The third kappa shape index (κ3) is 4.78. The standard InChI is InChI=1S/C25H29ClN2O2Si/c1-25(2,3)31(23-10-6-4-7-11-23,24-12-8-5-9-13-24)30-19-21(14-15-29)28-18-20(26)16-22(28)17-27/h4-13,16,18,21,29H,14-15,19H2,1-3H3/t21-/m0/s1. The molecule has 0 radical (unpaired) electrons. The first-order chi connectivity index (χ1) is 14.8. The first kappa shape index (κ1) is 23.3. The molecule has 0 saturated carbocycles. The molecule has 0 saturated heterocycles. The molecule has 0 aliphatic heterocycles. The zero-order valence-electron chi connectivity index (χ0n) is 18.3. The minimum atomic E-state index is -2.71. The molecule has 1 atom stereocenters. The number of nitriles is 1. The predicted molar refractivity (Wildman–Crippen MR) is 128 cm³/mol. The van der Waals surface area contributed by atoms with E-state index in [0.29, 0.717) is 23.7 Å². The van der Waals surface area contributed by atoms with E-state index >= 15 is 0 Å². The number of hydrogen-bond donors (Lipinski definition) is 1. The van der Waals surface area contributed by atoms with Gasteiger partial charge in [0.25, 0.3) is 8.32 Å². The SMILES string of the molecule is CC(C)(C)[Si](OC[C@H](CCO)n1cc(Cl)cc1C#N)(c1ccccc1)c1ccccc1. The first-order valence-corrected chi connectivity index (χ1v) is 12.8. The van der Waals surface area contributed by atoms with Crippen LogP contribution < -0.4 is 10.4 Å². The van der Waals surface area contributed by atoms with E-state index in [1.54, 1.807) is 12.3 Å². The van der Waals surface area contributed by atoms with Gasteiger partial charge in [-0.15, -0.1) is 0 Å². The Balaban J connectivity index is 2.09. The van der Waals surface area contributed by atoms with Crippen molar-refractivity contribution in [3.05, 3.63) is 83.6 Å². The van der Waals surface area contributed by atoms with Crippen LogP contribution in [0.1, 0.15) is 38.9 Å². The fourth-order valence-electron chi connectivity index (χ4n) is 4.27. The molecule has 0 unspecified atom stereocenters. The average molecular weight is 453 g/mol. The van der Waals surface area contributed by atoms with Crippen LogP contribution in [0.2, 0.25) is 10.1 Å². The van der Waals surface area contributed by atoms with Crippen molar-refractivity contribution in [2.45, 2.75) is 38.3 Å². The lowest BCUT2D eigenvalue weighted by atomic mass is 10.2. The molecule has 0 aliphatic rings. The highest BCUT2D eigenvalue weighted by atomic mass is 35.5. The monoisotopic (exact) mass is 452 g/mol. The van der Waals surface area contributed by atoms with Crippen molar-refractivity contribution >= 4 is 30.3 Å². The smallest absolute Gasteiger partial charge is 0.261 e. The van der Waals surface area contributed by atoms with Gasteiger partial charge in [0.2, 0.25) is 0 Å². The van der Waals surface area contributed by atoms with E-state index in [4.69, 9.17) is 16.0 Å². The van der Waals surface area contributed by atoms with Crippen molar-refractivity contribution in [1.29, 1.82) is 5.26 Å². The molecular formula is C25H29ClN2O2Si. The number of aromatic nitrogens is 1. The van der Waals surface area contributed by atoms with Gasteiger partial charge < -0.3 is 14.1 Å². The Morgan fingerprint density at radius 1 is 1.06 bits per heavy atom. The van der Waals surface area contributed by atoms with E-state index in [2.05, 4.69) is 75.4 Å². The van der Waals surface area contributed by atoms with Crippen LogP contribution in [0.15, 0.2) is 72.9 Å². The lowest BCUT2D eigenvalue weighted by Gasteiger charge is -2.43. The third-order valence-electron chi connectivity index (χ3n) is 5.69. The van der Waals surface area contributed by atoms with Crippen molar-refractivity contribution < 1.29 is 9.53 Å². The van der Waals surface area contributed by atoms with Crippen LogP contribution in [0, 0.1) is 11.3 Å². The van der Waals surface area contributed by atoms with Crippen LogP contribution in [0.5, 0.6) is 0 Å². The second-order valence-corrected chi connectivity index (χ2v) is 13.4. The molecule has 0 bridgehead atoms. The Morgan fingerprint density at radius 3 is 2.06 bits per heavy atom. The quantitative estimate of drug-likeness (QED) is 0.511. The minimum Gasteiger partial charge on any atom is -0.405 e. The third-order valence-corrected chi connectivity index (χ3v) is 10.9. The summed E-state index contributed by atoms with van der Waals surface area (Å²) in [6, 6.07) is 24.5. The maximum atomic E-state index is 9.72. The number of rotatable bonds is 8. The molecule has 1 N–H and O–H groups in total. The van der Waals surface area contributed by atoms with Gasteiger partial charge in [0, 0.05) is 12.8 Å². The maximum absolute atomic E-state index is 9.72. The lowest BCUT2D eigenvalue weighted by Crippen LogP contribution is -2.66. The summed E-state index contributed by atoms with van der Waals surface area (Å²) in [6.07, 6.45) is 2.22. The van der Waals surface area contributed by atoms with E-state index in [9.17, 15) is 10.4 Å². The molecule has 31 heavy (non-hydrogen) atoms. The van der Waals surface area contributed by atoms with Gasteiger partial charge in [-0.25, -0.2) is 0 Å². The highest BCUT2D eigenvalue weighted by Crippen LogP contribution is 2.37. The van der Waals surface area contributed by atoms with Gasteiger partial charge in [-0.1, -0.05) is 93.0 Å². The van der Waals surface area contributed by atoms with Crippen LogP contribution in [0.25, 0.3) is 0 Å². The summed E-state index contributed by atoms with van der Waals surface area (Å²) in [6.45, 7) is 7.05. The number of aliphatic hydroxyl groups excluding tert-OH is 1. The number of nitrogens with zero attached hydrogens (tertiary/aromatic N) is 2. The highest BCUT2D eigenvalue weighted by Gasteiger charge is 2.50. The Labute approximate surface area is 190 Å². The van der Waals surface area contributed by atoms with Gasteiger partial charge in [0.15, 0.2) is 0 Å². The van der Waals surface area contributed by atoms with Gasteiger partial charge >= 0.3 is 0 Å². The fraction of sp³-hybridized carbons (Fsp3) is 0.320. The van der Waals surface area contributed by atoms with Gasteiger partial charge in [0.05, 0.1) is 17.7 Å². The summed E-state index contributed by atoms with van der Waals surface area (Å²) < 4.78 is 8.83. The average Bonchev–Trinajstić information content (AvgIpc) is 3.14. The summed E-state index contributed by atoms with van der Waals surface area (Å²) in [5.41, 5.74) is 0.467. The molecule has 3 aromatic rings. The normalized spacial score (nSPS) is 13.0. The number of hydrogen-bond acceptors (Lipinski definition) is 3. The van der Waals surface area contributed by atoms with E-state index in [1.165, 1.54) is 10.4 Å². The van der Waals surface area contributed by atoms with E-state index in [1.807, 2.05) is 16.7 Å². The van der Waals surface area contributed by atoms with Crippen molar-refractivity contribution in [2.24, 2.45) is 0 Å². The highest BCUT2D eigenvalue weighted by molar-refractivity contribution is 6.99. The molecule has 1 aromatic heterocycles. The van der Waals surface area contributed by atoms with Crippen molar-refractivity contribution in [2.75, 3.05) is 13.2 Å². The van der Waals surface area contributed by atoms with Crippen LogP contribution in [-0.4, -0.2) is 31.2 Å². The molecule has 0 aliphatic carbocycles. The van der Waals surface area contributed by atoms with Crippen LogP contribution >= 0.6 is 11.6 Å². The van der Waals surface area contributed by atoms with Crippen LogP contribution in [0.3, 0.4) is 0 Å². The molecule has 3 rings (SSSR count). The number of halogens is 1. The molecule has 2 aromatic carbocycles. The van der Waals surface area contributed by atoms with Gasteiger partial charge in [-0.2, -0.15) is 5.26 Å². The zero-order chi connectivity index (χ0) is 22.5. The maximum Gasteiger partial charge on any atom is 0.261 e. The van der Waals surface area contributed by atoms with Gasteiger partial charge in [-0.05, 0) is 27.9 Å². The zero-order valence-corrected chi connectivity index (χ0v) is 20.0. The number of benzene rings is 2. The Morgan fingerprint density at radius 2 is 1.61 bits per heavy atom. The predicted octanol–water partition coefficient (Wildman–Crippen LogP) is 4.51. The van der Waals surface area contributed by atoms with Crippen molar-refractivity contribution in [3.63, 3.8) is 0 Å². The second kappa shape index (κ2) is 9.84. The van der Waals surface area contributed by atoms with Gasteiger partial charge in [-0.3, -0.25) is 0 Å². The fourth-order valence-corrected chi connectivity index (χ4v) is 9.08. The molecule has 6 heteroatoms. The molecule has 4 nitrogen and oxygen atoms in total. The van der Waals surface area contributed by atoms with E-state index in [0.717, 1.165) is 0 Å². The summed E-state index contributed by atoms with van der Waals surface area (Å²) >= 11 is 6.18. The Bertz CT molecular complexity index is 984. The Hall–Kier alpha value is -2.36. The molecule has 162 valence electrons. The summed E-state index contributed by atoms with van der Waals surface area (Å²) in [5, 5.41) is 22.0. The molecule has 1 heterocycles. The van der Waals surface area contributed by atoms with Crippen LogP contribution in [-0.2, 0) is 4.43 Å². The Kier molecular flexibility index (Phi) is 7.40. The summed E-state index contributed by atoms with van der Waals surface area (Å²) in [7, 11) is -2.71. The second-order valence-electron chi connectivity index (χ2n) is 8.70. The summed E-state index contributed by atoms with van der Waals surface area (Å²) in [5.74, 6) is 0. The van der Waals surface area contributed by atoms with E-state index in [-0.39, 0.29) is 17.7 Å². The number of aliphatic hydroxyl groups is 1. The largest absolute Gasteiger partial charge is 0.405 e. The lowest BCUT2D eigenvalue weighted by molar-refractivity contribution is 0.192. The van der Waals surface area contributed by atoms with Crippen molar-refractivity contribution in [3.8, 4) is 6.07 Å². The molecule has 0 spiro atoms. The first-order valence-electron chi connectivity index (χ1n) is 10.5. The minimum absolute atomic E-state index is 0.00452. The van der Waals surface area contributed by atoms with Crippen LogP contribution in [0.4, 0.5) is 0 Å². The van der Waals surface area contributed by atoms with Gasteiger partial charge in [0.1, 0.15) is 11.8 Å². The molecule has 0 fully saturated rings. The molecule has 0 amide bonds. The topological polar surface area (TPSA) is 58.2 Å². The van der Waals surface area contributed by atoms with Crippen molar-refractivity contribution in [1.82, 2.24) is 4.57 Å².